The molecule has 0 amide bonds. The summed E-state index contributed by atoms with van der Waals surface area (Å²) < 4.78 is 1.87. The molecule has 90 valence electrons. The van der Waals surface area contributed by atoms with Crippen molar-refractivity contribution in [2.45, 2.75) is 6.54 Å². The highest BCUT2D eigenvalue weighted by Crippen LogP contribution is 2.15. The minimum atomic E-state index is -0.0908. The van der Waals surface area contributed by atoms with Crippen LogP contribution in [0, 0.1) is 0 Å². The van der Waals surface area contributed by atoms with E-state index in [-0.39, 0.29) is 5.56 Å². The number of fused-ring (bicyclic) bond motifs is 1. The van der Waals surface area contributed by atoms with Crippen LogP contribution in [0.5, 0.6) is 0 Å². The molecule has 0 atom stereocenters. The zero-order valence-corrected chi connectivity index (χ0v) is 10.6. The van der Waals surface area contributed by atoms with Gasteiger partial charge in [-0.15, -0.1) is 10.2 Å². The Balaban J connectivity index is 2.08. The third-order valence-corrected chi connectivity index (χ3v) is 3.48. The molecule has 0 spiro atoms. The highest BCUT2D eigenvalue weighted by molar-refractivity contribution is 7.15. The third kappa shape index (κ3) is 2.00. The topological polar surface area (TPSA) is 60.7 Å². The first kappa shape index (κ1) is 11.3. The Kier molecular flexibility index (Phi) is 2.81. The van der Waals surface area contributed by atoms with Gasteiger partial charge in [-0.1, -0.05) is 23.5 Å². The summed E-state index contributed by atoms with van der Waals surface area (Å²) in [5.41, 5.74) is 0.598. The molecule has 0 aliphatic heterocycles. The van der Waals surface area contributed by atoms with Crippen molar-refractivity contribution in [1.82, 2.24) is 19.7 Å². The predicted octanol–water partition coefficient (Wildman–Crippen LogP) is 1.95. The highest BCUT2D eigenvalue weighted by atomic mass is 35.5. The van der Waals surface area contributed by atoms with Crippen LogP contribution in [0.25, 0.3) is 10.9 Å². The van der Waals surface area contributed by atoms with Crippen LogP contribution in [-0.4, -0.2) is 19.7 Å². The average molecular weight is 279 g/mol. The second-order valence-electron chi connectivity index (χ2n) is 3.64. The van der Waals surface area contributed by atoms with E-state index in [2.05, 4.69) is 15.2 Å². The smallest absolute Gasteiger partial charge is 0.261 e. The van der Waals surface area contributed by atoms with Crippen LogP contribution in [0.2, 0.25) is 4.47 Å². The number of halogens is 1. The van der Waals surface area contributed by atoms with Crippen molar-refractivity contribution in [2.75, 3.05) is 0 Å². The summed E-state index contributed by atoms with van der Waals surface area (Å²) in [6.45, 7) is 0.334. The van der Waals surface area contributed by atoms with Gasteiger partial charge in [-0.25, -0.2) is 4.98 Å². The Bertz CT molecular complexity index is 767. The minimum absolute atomic E-state index is 0.0908. The lowest BCUT2D eigenvalue weighted by atomic mass is 10.2. The summed E-state index contributed by atoms with van der Waals surface area (Å²) in [4.78, 5) is 16.4. The van der Waals surface area contributed by atoms with Gasteiger partial charge in [-0.05, 0) is 23.7 Å². The number of rotatable bonds is 2. The SMILES string of the molecule is O=c1c2ccccc2ncn1Cc1nnc(Cl)s1. The van der Waals surface area contributed by atoms with Crippen LogP contribution >= 0.6 is 22.9 Å². The molecular formula is C11H7ClN4OS. The third-order valence-electron chi connectivity index (χ3n) is 2.48. The zero-order chi connectivity index (χ0) is 12.5. The van der Waals surface area contributed by atoms with Crippen molar-refractivity contribution in [3.63, 3.8) is 0 Å². The van der Waals surface area contributed by atoms with E-state index in [1.165, 1.54) is 22.2 Å². The average Bonchev–Trinajstić information content (AvgIpc) is 2.79. The largest absolute Gasteiger partial charge is 0.292 e. The van der Waals surface area contributed by atoms with Gasteiger partial charge in [-0.2, -0.15) is 0 Å². The van der Waals surface area contributed by atoms with Crippen LogP contribution in [0.4, 0.5) is 0 Å². The molecule has 0 N–H and O–H groups in total. The fraction of sp³-hybridized carbons (Fsp3) is 0.0909. The maximum Gasteiger partial charge on any atom is 0.261 e. The fourth-order valence-electron chi connectivity index (χ4n) is 1.66. The lowest BCUT2D eigenvalue weighted by Gasteiger charge is -2.03. The highest BCUT2D eigenvalue weighted by Gasteiger charge is 2.07. The first-order valence-corrected chi connectivity index (χ1v) is 6.35. The first-order valence-electron chi connectivity index (χ1n) is 5.16. The van der Waals surface area contributed by atoms with Crippen LogP contribution in [-0.2, 0) is 6.54 Å². The van der Waals surface area contributed by atoms with E-state index in [0.29, 0.717) is 26.9 Å². The quantitative estimate of drug-likeness (QED) is 0.719. The molecule has 3 rings (SSSR count). The van der Waals surface area contributed by atoms with E-state index in [0.717, 1.165) is 0 Å². The molecule has 2 heterocycles. The maximum absolute atomic E-state index is 12.2. The first-order chi connectivity index (χ1) is 8.74. The van der Waals surface area contributed by atoms with E-state index in [4.69, 9.17) is 11.6 Å². The van der Waals surface area contributed by atoms with Crippen LogP contribution in [0.1, 0.15) is 5.01 Å². The van der Waals surface area contributed by atoms with Gasteiger partial charge in [0.25, 0.3) is 5.56 Å². The maximum atomic E-state index is 12.2. The number of hydrogen-bond donors (Lipinski definition) is 0. The molecule has 0 saturated heterocycles. The van der Waals surface area contributed by atoms with E-state index >= 15 is 0 Å². The Morgan fingerprint density at radius 3 is 2.89 bits per heavy atom. The molecule has 0 fully saturated rings. The summed E-state index contributed by atoms with van der Waals surface area (Å²) >= 11 is 6.96. The molecule has 3 aromatic rings. The zero-order valence-electron chi connectivity index (χ0n) is 9.08. The Hall–Kier alpha value is -1.79. The lowest BCUT2D eigenvalue weighted by molar-refractivity contribution is 0.734. The van der Waals surface area contributed by atoms with Crippen molar-refractivity contribution < 1.29 is 0 Å². The summed E-state index contributed by atoms with van der Waals surface area (Å²) in [7, 11) is 0. The minimum Gasteiger partial charge on any atom is -0.292 e. The monoisotopic (exact) mass is 278 g/mol. The predicted molar refractivity (Wildman–Crippen MR) is 70.0 cm³/mol. The number of aromatic nitrogens is 4. The van der Waals surface area contributed by atoms with Crippen molar-refractivity contribution in [2.24, 2.45) is 0 Å². The van der Waals surface area contributed by atoms with Gasteiger partial charge in [0.2, 0.25) is 4.47 Å². The van der Waals surface area contributed by atoms with Crippen molar-refractivity contribution in [3.8, 4) is 0 Å². The van der Waals surface area contributed by atoms with Crippen molar-refractivity contribution in [1.29, 1.82) is 0 Å². The van der Waals surface area contributed by atoms with Crippen LogP contribution in [0.15, 0.2) is 35.4 Å². The van der Waals surface area contributed by atoms with E-state index in [1.54, 1.807) is 6.07 Å². The summed E-state index contributed by atoms with van der Waals surface area (Å²) in [6, 6.07) is 7.23. The van der Waals surface area contributed by atoms with E-state index < -0.39 is 0 Å². The van der Waals surface area contributed by atoms with Gasteiger partial charge < -0.3 is 0 Å². The standard InChI is InChI=1S/C11H7ClN4OS/c12-11-15-14-9(18-11)5-16-6-13-8-4-2-1-3-7(8)10(16)17/h1-4,6H,5H2. The van der Waals surface area contributed by atoms with E-state index in [1.807, 2.05) is 18.2 Å². The summed E-state index contributed by atoms with van der Waals surface area (Å²) in [5.74, 6) is 0. The number of nitrogens with zero attached hydrogens (tertiary/aromatic N) is 4. The Morgan fingerprint density at radius 2 is 2.11 bits per heavy atom. The lowest BCUT2D eigenvalue weighted by Crippen LogP contribution is -2.21. The van der Waals surface area contributed by atoms with Gasteiger partial charge in [0.15, 0.2) is 0 Å². The normalized spacial score (nSPS) is 10.9. The molecular weight excluding hydrogens is 272 g/mol. The van der Waals surface area contributed by atoms with Crippen LogP contribution < -0.4 is 5.56 Å². The number of benzene rings is 1. The van der Waals surface area contributed by atoms with Gasteiger partial charge >= 0.3 is 0 Å². The van der Waals surface area contributed by atoms with Gasteiger partial charge in [0.05, 0.1) is 23.8 Å². The summed E-state index contributed by atoms with van der Waals surface area (Å²) in [6.07, 6.45) is 1.51. The van der Waals surface area contributed by atoms with Crippen molar-refractivity contribution in [3.05, 3.63) is 50.4 Å². The Morgan fingerprint density at radius 1 is 1.28 bits per heavy atom. The fourth-order valence-corrected chi connectivity index (χ4v) is 2.53. The van der Waals surface area contributed by atoms with Gasteiger partial charge in [0, 0.05) is 0 Å². The molecule has 7 heteroatoms. The molecule has 0 radical (unpaired) electrons. The second kappa shape index (κ2) is 4.47. The molecule has 2 aromatic heterocycles. The van der Waals surface area contributed by atoms with Gasteiger partial charge in [0.1, 0.15) is 5.01 Å². The molecule has 18 heavy (non-hydrogen) atoms. The molecule has 0 saturated carbocycles. The molecule has 0 aliphatic carbocycles. The molecule has 1 aromatic carbocycles. The number of para-hydroxylation sites is 1. The van der Waals surface area contributed by atoms with E-state index in [9.17, 15) is 4.79 Å². The van der Waals surface area contributed by atoms with Gasteiger partial charge in [-0.3, -0.25) is 9.36 Å². The van der Waals surface area contributed by atoms with Crippen molar-refractivity contribution >= 4 is 33.8 Å². The van der Waals surface area contributed by atoms with Crippen LogP contribution in [0.3, 0.4) is 0 Å². The second-order valence-corrected chi connectivity index (χ2v) is 5.29. The Labute approximate surface area is 111 Å². The molecule has 0 unspecified atom stereocenters. The molecule has 0 bridgehead atoms. The summed E-state index contributed by atoms with van der Waals surface area (Å²) in [5, 5.41) is 8.86. The molecule has 0 aliphatic rings. The molecule has 5 nitrogen and oxygen atoms in total. The number of hydrogen-bond acceptors (Lipinski definition) is 5.